The molecule has 0 spiro atoms. The Kier molecular flexibility index (Phi) is 5.87. The van der Waals surface area contributed by atoms with Crippen LogP contribution in [-0.2, 0) is 7.05 Å². The molecule has 2 aliphatic rings. The second kappa shape index (κ2) is 8.57. The van der Waals surface area contributed by atoms with E-state index in [9.17, 15) is 5.11 Å². The van der Waals surface area contributed by atoms with Crippen molar-refractivity contribution < 1.29 is 5.11 Å². The first-order valence-electron chi connectivity index (χ1n) is 10.2. The second-order valence-corrected chi connectivity index (χ2v) is 8.00. The third-order valence-electron chi connectivity index (χ3n) is 5.91. The zero-order valence-corrected chi connectivity index (χ0v) is 17.7. The molecule has 3 aromatic rings. The van der Waals surface area contributed by atoms with E-state index in [-0.39, 0.29) is 18.2 Å². The third kappa shape index (κ3) is 4.11. The van der Waals surface area contributed by atoms with Crippen LogP contribution in [0.4, 0.5) is 5.95 Å². The number of nitrogens with zero attached hydrogens (tertiary/aromatic N) is 6. The highest BCUT2D eigenvalue weighted by atomic mass is 35.5. The van der Waals surface area contributed by atoms with Crippen LogP contribution in [0.3, 0.4) is 0 Å². The first-order chi connectivity index (χ1) is 14.2. The molecule has 0 radical (unpaired) electrons. The Morgan fingerprint density at radius 1 is 1.07 bits per heavy atom. The zero-order chi connectivity index (χ0) is 19.8. The second-order valence-electron chi connectivity index (χ2n) is 8.00. The van der Waals surface area contributed by atoms with Crippen LogP contribution in [0.25, 0.3) is 22.4 Å². The van der Waals surface area contributed by atoms with Crippen LogP contribution < -0.4 is 10.2 Å². The molecule has 8 nitrogen and oxygen atoms in total. The largest absolute Gasteiger partial charge is 0.507 e. The standard InChI is InChI=1S/C21H25N7O.ClH/c1-27-12-15(10-23-27)14-5-6-18(20(29)9-14)19-11-22-21(26-25-19)28-8-7-17(13-28)24-16-3-2-4-16;/h5-6,9-12,16-17,24,29H,2-4,7-8,13H2,1H3;1H/t17-;/m1./s1. The summed E-state index contributed by atoms with van der Waals surface area (Å²) in [7, 11) is 1.87. The highest BCUT2D eigenvalue weighted by Gasteiger charge is 2.28. The molecule has 1 atom stereocenters. The molecule has 0 amide bonds. The number of hydrogen-bond donors (Lipinski definition) is 2. The van der Waals surface area contributed by atoms with E-state index < -0.39 is 0 Å². The van der Waals surface area contributed by atoms with Gasteiger partial charge < -0.3 is 15.3 Å². The molecular weight excluding hydrogens is 402 g/mol. The van der Waals surface area contributed by atoms with Crippen LogP contribution in [0.5, 0.6) is 5.75 Å². The summed E-state index contributed by atoms with van der Waals surface area (Å²) in [4.78, 5) is 6.69. The summed E-state index contributed by atoms with van der Waals surface area (Å²) in [5.41, 5.74) is 3.04. The number of aryl methyl sites for hydroxylation is 1. The van der Waals surface area contributed by atoms with Gasteiger partial charge in [-0.1, -0.05) is 12.5 Å². The lowest BCUT2D eigenvalue weighted by Crippen LogP contribution is -2.43. The number of phenolic OH excluding ortho intramolecular Hbond substituents is 1. The first kappa shape index (κ1) is 20.6. The fourth-order valence-corrected chi connectivity index (χ4v) is 4.02. The Morgan fingerprint density at radius 3 is 2.57 bits per heavy atom. The number of aromatic hydroxyl groups is 1. The van der Waals surface area contributed by atoms with Gasteiger partial charge in [0.05, 0.1) is 12.4 Å². The molecule has 0 unspecified atom stereocenters. The molecule has 30 heavy (non-hydrogen) atoms. The molecule has 2 N–H and O–H groups in total. The molecule has 0 bridgehead atoms. The highest BCUT2D eigenvalue weighted by molar-refractivity contribution is 5.85. The number of aromatic nitrogens is 5. The minimum atomic E-state index is 0. The quantitative estimate of drug-likeness (QED) is 0.646. The molecule has 1 saturated heterocycles. The predicted molar refractivity (Wildman–Crippen MR) is 118 cm³/mol. The molecule has 9 heteroatoms. The summed E-state index contributed by atoms with van der Waals surface area (Å²) in [6, 6.07) is 6.71. The van der Waals surface area contributed by atoms with Gasteiger partial charge in [-0.2, -0.15) is 5.10 Å². The van der Waals surface area contributed by atoms with Gasteiger partial charge in [0.2, 0.25) is 5.95 Å². The van der Waals surface area contributed by atoms with Gasteiger partial charge in [0.1, 0.15) is 11.4 Å². The lowest BCUT2D eigenvalue weighted by atomic mass is 9.92. The summed E-state index contributed by atoms with van der Waals surface area (Å²) < 4.78 is 1.74. The number of hydrogen-bond acceptors (Lipinski definition) is 7. The van der Waals surface area contributed by atoms with E-state index in [0.29, 0.717) is 29.3 Å². The van der Waals surface area contributed by atoms with E-state index in [1.807, 2.05) is 25.4 Å². The summed E-state index contributed by atoms with van der Waals surface area (Å²) in [5.74, 6) is 0.805. The maximum Gasteiger partial charge on any atom is 0.245 e. The van der Waals surface area contributed by atoms with Crippen molar-refractivity contribution in [1.29, 1.82) is 0 Å². The number of rotatable bonds is 5. The van der Waals surface area contributed by atoms with E-state index >= 15 is 0 Å². The SMILES string of the molecule is Cl.Cn1cc(-c2ccc(-c3cnc(N4CC[C@@H](NC5CCC5)C4)nn3)c(O)c2)cn1. The minimum Gasteiger partial charge on any atom is -0.507 e. The Bertz CT molecular complexity index is 1000. The number of halogens is 1. The van der Waals surface area contributed by atoms with Crippen molar-refractivity contribution in [2.75, 3.05) is 18.0 Å². The molecule has 2 fully saturated rings. The molecule has 3 heterocycles. The van der Waals surface area contributed by atoms with Gasteiger partial charge in [0, 0.05) is 49.5 Å². The molecule has 2 aromatic heterocycles. The van der Waals surface area contributed by atoms with Gasteiger partial charge in [-0.15, -0.1) is 22.6 Å². The van der Waals surface area contributed by atoms with Crippen molar-refractivity contribution in [2.45, 2.75) is 37.8 Å². The van der Waals surface area contributed by atoms with Gasteiger partial charge in [-0.25, -0.2) is 4.98 Å². The van der Waals surface area contributed by atoms with Crippen molar-refractivity contribution >= 4 is 18.4 Å². The fourth-order valence-electron chi connectivity index (χ4n) is 4.02. The van der Waals surface area contributed by atoms with Gasteiger partial charge in [0.15, 0.2) is 0 Å². The average Bonchev–Trinajstić information content (AvgIpc) is 3.34. The van der Waals surface area contributed by atoms with Crippen LogP contribution in [-0.4, -0.2) is 55.2 Å². The van der Waals surface area contributed by atoms with E-state index in [1.54, 1.807) is 23.1 Å². The number of nitrogens with one attached hydrogen (secondary N) is 1. The Morgan fingerprint density at radius 2 is 1.93 bits per heavy atom. The molecular formula is C21H26ClN7O. The van der Waals surface area contributed by atoms with Gasteiger partial charge in [-0.3, -0.25) is 4.68 Å². The third-order valence-corrected chi connectivity index (χ3v) is 5.91. The summed E-state index contributed by atoms with van der Waals surface area (Å²) in [6.45, 7) is 1.86. The fraction of sp³-hybridized carbons (Fsp3) is 0.429. The van der Waals surface area contributed by atoms with Crippen LogP contribution in [0.1, 0.15) is 25.7 Å². The smallest absolute Gasteiger partial charge is 0.245 e. The zero-order valence-electron chi connectivity index (χ0n) is 16.9. The molecule has 5 rings (SSSR count). The molecule has 1 saturated carbocycles. The normalized spacial score (nSPS) is 18.8. The van der Waals surface area contributed by atoms with E-state index in [4.69, 9.17) is 0 Å². The monoisotopic (exact) mass is 427 g/mol. The number of anilines is 1. The van der Waals surface area contributed by atoms with E-state index in [0.717, 1.165) is 30.6 Å². The van der Waals surface area contributed by atoms with Crippen LogP contribution in [0.15, 0.2) is 36.8 Å². The van der Waals surface area contributed by atoms with Crippen molar-refractivity contribution in [2.24, 2.45) is 7.05 Å². The van der Waals surface area contributed by atoms with Crippen molar-refractivity contribution in [3.05, 3.63) is 36.8 Å². The van der Waals surface area contributed by atoms with Crippen molar-refractivity contribution in [1.82, 2.24) is 30.3 Å². The maximum atomic E-state index is 10.5. The minimum absolute atomic E-state index is 0. The Hall–Kier alpha value is -2.71. The predicted octanol–water partition coefficient (Wildman–Crippen LogP) is 2.79. The van der Waals surface area contributed by atoms with Crippen LogP contribution in [0.2, 0.25) is 0 Å². The highest BCUT2D eigenvalue weighted by Crippen LogP contribution is 2.32. The average molecular weight is 428 g/mol. The van der Waals surface area contributed by atoms with Crippen LogP contribution >= 0.6 is 12.4 Å². The Labute approximate surface area is 181 Å². The molecule has 158 valence electrons. The maximum absolute atomic E-state index is 10.5. The van der Waals surface area contributed by atoms with Gasteiger partial charge in [0.25, 0.3) is 0 Å². The molecule has 1 aliphatic carbocycles. The number of phenols is 1. The lowest BCUT2D eigenvalue weighted by molar-refractivity contribution is 0.311. The van der Waals surface area contributed by atoms with Crippen molar-refractivity contribution in [3.63, 3.8) is 0 Å². The summed E-state index contributed by atoms with van der Waals surface area (Å²) >= 11 is 0. The topological polar surface area (TPSA) is 92.0 Å². The van der Waals surface area contributed by atoms with Crippen LogP contribution in [0, 0.1) is 0 Å². The first-order valence-corrected chi connectivity index (χ1v) is 10.2. The summed E-state index contributed by atoms with van der Waals surface area (Å²) in [6.07, 6.45) is 10.4. The molecule has 1 aromatic carbocycles. The Balaban J connectivity index is 0.00000218. The van der Waals surface area contributed by atoms with Crippen molar-refractivity contribution in [3.8, 4) is 28.1 Å². The van der Waals surface area contributed by atoms with E-state index in [1.165, 1.54) is 19.3 Å². The molecule has 1 aliphatic heterocycles. The summed E-state index contributed by atoms with van der Waals surface area (Å²) in [5, 5.41) is 27.0. The number of benzene rings is 1. The van der Waals surface area contributed by atoms with Gasteiger partial charge in [-0.05, 0) is 37.0 Å². The van der Waals surface area contributed by atoms with E-state index in [2.05, 4.69) is 30.5 Å². The van der Waals surface area contributed by atoms with Gasteiger partial charge >= 0.3 is 0 Å². The lowest BCUT2D eigenvalue weighted by Gasteiger charge is -2.29.